The summed E-state index contributed by atoms with van der Waals surface area (Å²) in [6.45, 7) is 9.31. The molecule has 9 nitrogen and oxygen atoms in total. The van der Waals surface area contributed by atoms with Crippen LogP contribution in [0.2, 0.25) is 0 Å². The molecule has 0 aromatic heterocycles. The molecule has 0 aromatic carbocycles. The van der Waals surface area contributed by atoms with Crippen LogP contribution >= 0.6 is 0 Å². The van der Waals surface area contributed by atoms with Crippen LogP contribution in [0.4, 0.5) is 0 Å². The molecule has 30 heavy (non-hydrogen) atoms. The van der Waals surface area contributed by atoms with Gasteiger partial charge in [0.2, 0.25) is 27.7 Å². The molecule has 0 bridgehead atoms. The predicted octanol–water partition coefficient (Wildman–Crippen LogP) is -0.250. The van der Waals surface area contributed by atoms with Crippen molar-refractivity contribution in [1.82, 2.24) is 19.0 Å². The van der Waals surface area contributed by atoms with E-state index in [1.807, 2.05) is 24.8 Å². The van der Waals surface area contributed by atoms with E-state index >= 15 is 0 Å². The summed E-state index contributed by atoms with van der Waals surface area (Å²) in [5.74, 6) is -1.07. The van der Waals surface area contributed by atoms with E-state index in [9.17, 15) is 22.8 Å². The number of piperazine rings is 1. The number of likely N-dealkylation sites (tertiary alicyclic amines) is 1. The van der Waals surface area contributed by atoms with E-state index in [1.165, 1.54) is 6.08 Å². The smallest absolute Gasteiger partial charge is 0.246 e. The molecule has 0 spiro atoms. The van der Waals surface area contributed by atoms with Gasteiger partial charge in [0.05, 0.1) is 24.3 Å². The summed E-state index contributed by atoms with van der Waals surface area (Å²) in [5.41, 5.74) is 0. The van der Waals surface area contributed by atoms with Crippen LogP contribution in [0, 0.1) is 11.8 Å². The second kappa shape index (κ2) is 8.66. The Kier molecular flexibility index (Phi) is 6.57. The molecule has 3 aliphatic heterocycles. The quantitative estimate of drug-likeness (QED) is 0.547. The summed E-state index contributed by atoms with van der Waals surface area (Å²) in [4.78, 5) is 42.8. The van der Waals surface area contributed by atoms with Crippen LogP contribution in [0.25, 0.3) is 0 Å². The highest BCUT2D eigenvalue weighted by Crippen LogP contribution is 2.41. The van der Waals surface area contributed by atoms with Gasteiger partial charge in [-0.2, -0.15) is 0 Å². The highest BCUT2D eigenvalue weighted by atomic mass is 32.2. The summed E-state index contributed by atoms with van der Waals surface area (Å²) in [6, 6.07) is -0.889. The maximum Gasteiger partial charge on any atom is 0.246 e. The molecule has 3 aliphatic rings. The zero-order valence-electron chi connectivity index (χ0n) is 18.2. The molecule has 168 valence electrons. The molecule has 0 aliphatic carbocycles. The lowest BCUT2D eigenvalue weighted by atomic mass is 9.88. The number of fused-ring (bicyclic) bond motifs is 1. The Morgan fingerprint density at radius 1 is 1.13 bits per heavy atom. The Bertz CT molecular complexity index is 832. The summed E-state index contributed by atoms with van der Waals surface area (Å²) in [5, 5.41) is 0. The molecule has 0 unspecified atom stereocenters. The van der Waals surface area contributed by atoms with Crippen LogP contribution in [0.15, 0.2) is 12.2 Å². The minimum atomic E-state index is -3.67. The molecule has 0 saturated carbocycles. The summed E-state index contributed by atoms with van der Waals surface area (Å²) in [6.07, 6.45) is 4.87. The number of rotatable bonds is 5. The number of hydrogen-bond donors (Lipinski definition) is 0. The first-order valence-electron chi connectivity index (χ1n) is 10.5. The van der Waals surface area contributed by atoms with Crippen molar-refractivity contribution in [3.63, 3.8) is 0 Å². The van der Waals surface area contributed by atoms with Crippen LogP contribution in [-0.2, 0) is 24.4 Å². The Morgan fingerprint density at radius 3 is 2.30 bits per heavy atom. The molecule has 3 amide bonds. The minimum absolute atomic E-state index is 0.0632. The van der Waals surface area contributed by atoms with Crippen molar-refractivity contribution in [2.75, 3.05) is 45.5 Å². The van der Waals surface area contributed by atoms with Crippen LogP contribution in [0.3, 0.4) is 0 Å². The van der Waals surface area contributed by atoms with Crippen LogP contribution in [0.1, 0.15) is 27.2 Å². The van der Waals surface area contributed by atoms with Crippen molar-refractivity contribution in [2.24, 2.45) is 11.8 Å². The summed E-state index contributed by atoms with van der Waals surface area (Å²) < 4.78 is 25.4. The molecular formula is C20H32N4O5S. The SMILES string of the molecule is CC(=O)N1CCN(CC=CC(=O)N2CC[C@H]3[C@H]2[C@@H](C(C)C)C(=O)N3S(C)(=O)=O)CC1. The van der Waals surface area contributed by atoms with Crippen molar-refractivity contribution in [2.45, 2.75) is 39.3 Å². The van der Waals surface area contributed by atoms with Crippen molar-refractivity contribution >= 4 is 27.7 Å². The largest absolute Gasteiger partial charge is 0.340 e. The van der Waals surface area contributed by atoms with Gasteiger partial charge < -0.3 is 9.80 Å². The average molecular weight is 441 g/mol. The highest BCUT2D eigenvalue weighted by Gasteiger charge is 2.58. The number of amides is 3. The molecule has 3 heterocycles. The molecule has 0 radical (unpaired) electrons. The van der Waals surface area contributed by atoms with Gasteiger partial charge >= 0.3 is 0 Å². The molecule has 10 heteroatoms. The maximum atomic E-state index is 12.9. The van der Waals surface area contributed by atoms with E-state index in [1.54, 1.807) is 11.8 Å². The molecule has 3 atom stereocenters. The molecule has 3 fully saturated rings. The normalized spacial score (nSPS) is 28.1. The fourth-order valence-electron chi connectivity index (χ4n) is 4.93. The molecular weight excluding hydrogens is 408 g/mol. The zero-order chi connectivity index (χ0) is 22.2. The number of sulfonamides is 1. The van der Waals surface area contributed by atoms with E-state index in [-0.39, 0.29) is 17.7 Å². The van der Waals surface area contributed by atoms with E-state index in [0.717, 1.165) is 23.7 Å². The van der Waals surface area contributed by atoms with Crippen molar-refractivity contribution in [3.05, 3.63) is 12.2 Å². The van der Waals surface area contributed by atoms with Crippen LogP contribution in [0.5, 0.6) is 0 Å². The van der Waals surface area contributed by atoms with E-state index in [0.29, 0.717) is 32.6 Å². The van der Waals surface area contributed by atoms with Crippen molar-refractivity contribution in [1.29, 1.82) is 0 Å². The Hall–Kier alpha value is -1.94. The van der Waals surface area contributed by atoms with Gasteiger partial charge in [0.15, 0.2) is 0 Å². The van der Waals surface area contributed by atoms with Gasteiger partial charge in [-0.05, 0) is 12.3 Å². The van der Waals surface area contributed by atoms with Crippen LogP contribution < -0.4 is 0 Å². The predicted molar refractivity (Wildman–Crippen MR) is 112 cm³/mol. The second-order valence-electron chi connectivity index (χ2n) is 8.75. The minimum Gasteiger partial charge on any atom is -0.340 e. The third-order valence-electron chi connectivity index (χ3n) is 6.39. The van der Waals surface area contributed by atoms with Gasteiger partial charge in [0.25, 0.3) is 0 Å². The monoisotopic (exact) mass is 440 g/mol. The molecule has 3 rings (SSSR count). The third-order valence-corrected chi connectivity index (χ3v) is 7.56. The maximum absolute atomic E-state index is 12.9. The molecule has 0 aromatic rings. The van der Waals surface area contributed by atoms with E-state index < -0.39 is 33.9 Å². The zero-order valence-corrected chi connectivity index (χ0v) is 19.0. The fraction of sp³-hybridized carbons (Fsp3) is 0.750. The number of carbonyl (C=O) groups excluding carboxylic acids is 3. The number of nitrogens with zero attached hydrogens (tertiary/aromatic N) is 4. The Morgan fingerprint density at radius 2 is 1.77 bits per heavy atom. The van der Waals surface area contributed by atoms with E-state index in [2.05, 4.69) is 4.90 Å². The van der Waals surface area contributed by atoms with Gasteiger partial charge in [0, 0.05) is 52.3 Å². The Labute approximate surface area is 178 Å². The lowest BCUT2D eigenvalue weighted by Crippen LogP contribution is -2.48. The summed E-state index contributed by atoms with van der Waals surface area (Å²) >= 11 is 0. The van der Waals surface area contributed by atoms with E-state index in [4.69, 9.17) is 0 Å². The lowest BCUT2D eigenvalue weighted by Gasteiger charge is -2.33. The van der Waals surface area contributed by atoms with Gasteiger partial charge in [-0.15, -0.1) is 0 Å². The second-order valence-corrected chi connectivity index (χ2v) is 10.6. The van der Waals surface area contributed by atoms with Gasteiger partial charge in [-0.25, -0.2) is 12.7 Å². The fourth-order valence-corrected chi connectivity index (χ4v) is 6.10. The van der Waals surface area contributed by atoms with Gasteiger partial charge in [0.1, 0.15) is 0 Å². The molecule has 3 saturated heterocycles. The highest BCUT2D eigenvalue weighted by molar-refractivity contribution is 7.88. The number of hydrogen-bond acceptors (Lipinski definition) is 6. The number of carbonyl (C=O) groups is 3. The average Bonchev–Trinajstić information content (AvgIpc) is 3.17. The topological polar surface area (TPSA) is 98.3 Å². The first-order chi connectivity index (χ1) is 14.0. The van der Waals surface area contributed by atoms with Crippen LogP contribution in [-0.4, -0.2) is 103 Å². The van der Waals surface area contributed by atoms with Gasteiger partial charge in [-0.1, -0.05) is 19.9 Å². The van der Waals surface area contributed by atoms with Gasteiger partial charge in [-0.3, -0.25) is 19.3 Å². The lowest BCUT2D eigenvalue weighted by molar-refractivity contribution is -0.132. The van der Waals surface area contributed by atoms with Crippen molar-refractivity contribution < 1.29 is 22.8 Å². The van der Waals surface area contributed by atoms with Crippen molar-refractivity contribution in [3.8, 4) is 0 Å². The summed E-state index contributed by atoms with van der Waals surface area (Å²) in [7, 11) is -3.67. The molecule has 0 N–H and O–H groups in total. The standard InChI is InChI=1S/C20H32N4O5S/c1-14(2)18-19-16(24(20(18)27)30(4,28)29)7-9-23(19)17(26)6-5-8-21-10-12-22(13-11-21)15(3)25/h5-6,14,16,18-19H,7-13H2,1-4H3/t16-,18+,19-/m0/s1. The first-order valence-corrected chi connectivity index (χ1v) is 12.4. The third kappa shape index (κ3) is 4.39. The first kappa shape index (κ1) is 22.7. The Balaban J connectivity index is 1.65.